The van der Waals surface area contributed by atoms with Crippen molar-refractivity contribution in [2.24, 2.45) is 0 Å². The summed E-state index contributed by atoms with van der Waals surface area (Å²) in [7, 11) is 0. The van der Waals surface area contributed by atoms with Crippen LogP contribution in [-0.4, -0.2) is 23.4 Å². The topological polar surface area (TPSA) is 72.5 Å². The minimum Gasteiger partial charge on any atom is -0.492 e. The number of carboxylic acids is 1. The van der Waals surface area contributed by atoms with E-state index in [9.17, 15) is 4.79 Å². The SMILES string of the molecule is Nc1cccc(OCCSc2ccccc2)c1C(=O)O. The lowest BCUT2D eigenvalue weighted by Crippen LogP contribution is -2.08. The van der Waals surface area contributed by atoms with Gasteiger partial charge in [-0.2, -0.15) is 0 Å². The summed E-state index contributed by atoms with van der Waals surface area (Å²) in [4.78, 5) is 12.3. The molecular formula is C15H15NO3S. The molecule has 0 unspecified atom stereocenters. The number of thioether (sulfide) groups is 1. The van der Waals surface area contributed by atoms with Gasteiger partial charge < -0.3 is 15.6 Å². The van der Waals surface area contributed by atoms with E-state index in [2.05, 4.69) is 0 Å². The van der Waals surface area contributed by atoms with Gasteiger partial charge in [0.25, 0.3) is 0 Å². The minimum atomic E-state index is -1.08. The number of carboxylic acid groups (broad SMARTS) is 1. The summed E-state index contributed by atoms with van der Waals surface area (Å²) < 4.78 is 5.52. The van der Waals surface area contributed by atoms with Crippen molar-refractivity contribution in [3.05, 3.63) is 54.1 Å². The summed E-state index contributed by atoms with van der Waals surface area (Å²) in [5.74, 6) is -0.0299. The van der Waals surface area contributed by atoms with Crippen molar-refractivity contribution in [3.63, 3.8) is 0 Å². The van der Waals surface area contributed by atoms with Crippen LogP contribution >= 0.6 is 11.8 Å². The highest BCUT2D eigenvalue weighted by Gasteiger charge is 2.14. The van der Waals surface area contributed by atoms with E-state index in [0.717, 1.165) is 10.6 Å². The van der Waals surface area contributed by atoms with Gasteiger partial charge in [-0.25, -0.2) is 4.79 Å². The Bertz CT molecular complexity index is 587. The smallest absolute Gasteiger partial charge is 0.341 e. The van der Waals surface area contributed by atoms with Gasteiger partial charge in [-0.05, 0) is 24.3 Å². The van der Waals surface area contributed by atoms with Crippen LogP contribution in [0.1, 0.15) is 10.4 Å². The maximum Gasteiger partial charge on any atom is 0.341 e. The highest BCUT2D eigenvalue weighted by atomic mass is 32.2. The van der Waals surface area contributed by atoms with Crippen molar-refractivity contribution in [1.82, 2.24) is 0 Å². The number of aromatic carboxylic acids is 1. The molecule has 0 amide bonds. The first kappa shape index (κ1) is 14.3. The fraction of sp³-hybridized carbons (Fsp3) is 0.133. The Hall–Kier alpha value is -2.14. The van der Waals surface area contributed by atoms with E-state index in [4.69, 9.17) is 15.6 Å². The Labute approximate surface area is 121 Å². The van der Waals surface area contributed by atoms with Crippen LogP contribution in [0.5, 0.6) is 5.75 Å². The molecule has 3 N–H and O–H groups in total. The number of ether oxygens (including phenoxy) is 1. The van der Waals surface area contributed by atoms with Gasteiger partial charge in [0, 0.05) is 16.3 Å². The molecule has 0 saturated heterocycles. The average Bonchev–Trinajstić information content (AvgIpc) is 2.44. The van der Waals surface area contributed by atoms with Crippen LogP contribution < -0.4 is 10.5 Å². The number of hydrogen-bond acceptors (Lipinski definition) is 4. The molecule has 0 aliphatic heterocycles. The molecule has 2 aromatic carbocycles. The van der Waals surface area contributed by atoms with Gasteiger partial charge in [-0.1, -0.05) is 24.3 Å². The Morgan fingerprint density at radius 2 is 1.90 bits per heavy atom. The quantitative estimate of drug-likeness (QED) is 0.485. The molecule has 0 heterocycles. The normalized spacial score (nSPS) is 10.2. The first-order valence-corrected chi connectivity index (χ1v) is 7.09. The van der Waals surface area contributed by atoms with Gasteiger partial charge in [0.15, 0.2) is 0 Å². The van der Waals surface area contributed by atoms with Gasteiger partial charge in [0.2, 0.25) is 0 Å². The average molecular weight is 289 g/mol. The fourth-order valence-electron chi connectivity index (χ4n) is 1.73. The monoisotopic (exact) mass is 289 g/mol. The zero-order valence-electron chi connectivity index (χ0n) is 10.8. The van der Waals surface area contributed by atoms with Crippen molar-refractivity contribution in [2.75, 3.05) is 18.1 Å². The van der Waals surface area contributed by atoms with Crippen molar-refractivity contribution in [2.45, 2.75) is 4.90 Å². The standard InChI is InChI=1S/C15H15NO3S/c16-12-7-4-8-13(14(12)15(17)18)19-9-10-20-11-5-2-1-3-6-11/h1-8H,9-10,16H2,(H,17,18). The molecule has 2 aromatic rings. The molecule has 0 atom stereocenters. The lowest BCUT2D eigenvalue weighted by atomic mass is 10.1. The first-order chi connectivity index (χ1) is 9.68. The summed E-state index contributed by atoms with van der Waals surface area (Å²) in [6.07, 6.45) is 0. The Morgan fingerprint density at radius 3 is 2.60 bits per heavy atom. The largest absolute Gasteiger partial charge is 0.492 e. The minimum absolute atomic E-state index is 0.0252. The molecule has 0 spiro atoms. The van der Waals surface area contributed by atoms with E-state index in [0.29, 0.717) is 12.4 Å². The summed E-state index contributed by atoms with van der Waals surface area (Å²) in [6.45, 7) is 0.420. The molecule has 0 aliphatic rings. The third-order valence-electron chi connectivity index (χ3n) is 2.63. The van der Waals surface area contributed by atoms with Crippen LogP contribution in [-0.2, 0) is 0 Å². The second-order valence-electron chi connectivity index (χ2n) is 4.04. The van der Waals surface area contributed by atoms with E-state index in [1.165, 1.54) is 0 Å². The second-order valence-corrected chi connectivity index (χ2v) is 5.20. The van der Waals surface area contributed by atoms with Crippen molar-refractivity contribution in [1.29, 1.82) is 0 Å². The summed E-state index contributed by atoms with van der Waals surface area (Å²) in [5.41, 5.74) is 5.89. The van der Waals surface area contributed by atoms with Gasteiger partial charge >= 0.3 is 5.97 Å². The number of carbonyl (C=O) groups is 1. The van der Waals surface area contributed by atoms with Gasteiger partial charge in [0.1, 0.15) is 11.3 Å². The van der Waals surface area contributed by atoms with E-state index in [1.807, 2.05) is 30.3 Å². The number of benzene rings is 2. The first-order valence-electron chi connectivity index (χ1n) is 6.11. The molecule has 20 heavy (non-hydrogen) atoms. The molecule has 0 fully saturated rings. The molecular weight excluding hydrogens is 274 g/mol. The molecule has 0 radical (unpaired) electrons. The lowest BCUT2D eigenvalue weighted by molar-refractivity contribution is 0.0694. The zero-order valence-corrected chi connectivity index (χ0v) is 11.6. The maximum atomic E-state index is 11.1. The number of nitrogens with two attached hydrogens (primary N) is 1. The molecule has 4 nitrogen and oxygen atoms in total. The van der Waals surface area contributed by atoms with Crippen molar-refractivity contribution in [3.8, 4) is 5.75 Å². The van der Waals surface area contributed by atoms with Crippen LogP contribution in [0.3, 0.4) is 0 Å². The fourth-order valence-corrected chi connectivity index (χ4v) is 2.48. The van der Waals surface area contributed by atoms with E-state index < -0.39 is 5.97 Å². The van der Waals surface area contributed by atoms with Crippen LogP contribution in [0.25, 0.3) is 0 Å². The third-order valence-corrected chi connectivity index (χ3v) is 3.60. The Morgan fingerprint density at radius 1 is 1.15 bits per heavy atom. The van der Waals surface area contributed by atoms with Crippen LogP contribution in [0.2, 0.25) is 0 Å². The van der Waals surface area contributed by atoms with Crippen LogP contribution in [0, 0.1) is 0 Å². The number of nitrogen functional groups attached to an aromatic ring is 1. The molecule has 5 heteroatoms. The van der Waals surface area contributed by atoms with E-state index in [-0.39, 0.29) is 11.3 Å². The third kappa shape index (κ3) is 3.68. The molecule has 0 bridgehead atoms. The predicted molar refractivity (Wildman–Crippen MR) is 80.5 cm³/mol. The van der Waals surface area contributed by atoms with Crippen LogP contribution in [0.4, 0.5) is 5.69 Å². The van der Waals surface area contributed by atoms with Crippen molar-refractivity contribution >= 4 is 23.4 Å². The molecule has 0 saturated carbocycles. The van der Waals surface area contributed by atoms with E-state index >= 15 is 0 Å². The van der Waals surface area contributed by atoms with E-state index in [1.54, 1.807) is 30.0 Å². The number of hydrogen-bond donors (Lipinski definition) is 2. The summed E-state index contributed by atoms with van der Waals surface area (Å²) >= 11 is 1.65. The number of rotatable bonds is 6. The molecule has 0 aromatic heterocycles. The highest BCUT2D eigenvalue weighted by Crippen LogP contribution is 2.25. The lowest BCUT2D eigenvalue weighted by Gasteiger charge is -2.10. The van der Waals surface area contributed by atoms with Gasteiger partial charge in [-0.3, -0.25) is 0 Å². The van der Waals surface area contributed by atoms with Crippen molar-refractivity contribution < 1.29 is 14.6 Å². The summed E-state index contributed by atoms with van der Waals surface area (Å²) in [6, 6.07) is 14.8. The highest BCUT2D eigenvalue weighted by molar-refractivity contribution is 7.99. The molecule has 0 aliphatic carbocycles. The Balaban J connectivity index is 1.92. The summed E-state index contributed by atoms with van der Waals surface area (Å²) in [5, 5.41) is 9.12. The molecule has 2 rings (SSSR count). The predicted octanol–water partition coefficient (Wildman–Crippen LogP) is 3.14. The van der Waals surface area contributed by atoms with Gasteiger partial charge in [0.05, 0.1) is 6.61 Å². The van der Waals surface area contributed by atoms with Crippen LogP contribution in [0.15, 0.2) is 53.4 Å². The molecule has 104 valence electrons. The zero-order chi connectivity index (χ0) is 14.4. The maximum absolute atomic E-state index is 11.1. The van der Waals surface area contributed by atoms with Gasteiger partial charge in [-0.15, -0.1) is 11.8 Å². The number of anilines is 1. The second kappa shape index (κ2) is 6.86. The Kier molecular flexibility index (Phi) is 4.90.